The van der Waals surface area contributed by atoms with Gasteiger partial charge in [-0.2, -0.15) is 4.98 Å². The summed E-state index contributed by atoms with van der Waals surface area (Å²) in [7, 11) is 0. The Bertz CT molecular complexity index is 649. The summed E-state index contributed by atoms with van der Waals surface area (Å²) in [4.78, 5) is 4.36. The van der Waals surface area contributed by atoms with Crippen LogP contribution in [0.5, 0.6) is 5.75 Å². The van der Waals surface area contributed by atoms with Gasteiger partial charge < -0.3 is 15.0 Å². The van der Waals surface area contributed by atoms with Gasteiger partial charge in [-0.15, -0.1) is 0 Å². The predicted octanol–water partition coefficient (Wildman–Crippen LogP) is 2.86. The van der Waals surface area contributed by atoms with Gasteiger partial charge >= 0.3 is 0 Å². The number of nitrogens with two attached hydrogens (primary N) is 1. The molecule has 0 aliphatic heterocycles. The zero-order valence-electron chi connectivity index (χ0n) is 11.9. The van der Waals surface area contributed by atoms with Gasteiger partial charge in [-0.1, -0.05) is 11.2 Å². The Hall–Kier alpha value is -1.88. The average Bonchev–Trinajstić information content (AvgIpc) is 3.24. The standard InChI is InChI=1S/C16H19N3O2/c17-14-3-1-2-11-8-12(6-7-13(11)14)20-9-15-18-16(19-21-15)10-4-5-10/h6-8,10,14H,1-5,9,17H2. The molecule has 1 aromatic carbocycles. The van der Waals surface area contributed by atoms with Crippen molar-refractivity contribution in [1.29, 1.82) is 0 Å². The van der Waals surface area contributed by atoms with Crippen molar-refractivity contribution in [3.8, 4) is 5.75 Å². The van der Waals surface area contributed by atoms with Crippen LogP contribution in [0.25, 0.3) is 0 Å². The molecule has 1 fully saturated rings. The zero-order valence-corrected chi connectivity index (χ0v) is 11.9. The number of nitrogens with zero attached hydrogens (tertiary/aromatic N) is 2. The van der Waals surface area contributed by atoms with Crippen LogP contribution >= 0.6 is 0 Å². The van der Waals surface area contributed by atoms with Gasteiger partial charge in [0, 0.05) is 12.0 Å². The molecule has 2 aliphatic carbocycles. The summed E-state index contributed by atoms with van der Waals surface area (Å²) >= 11 is 0. The third kappa shape index (κ3) is 2.65. The first kappa shape index (κ1) is 12.8. The summed E-state index contributed by atoms with van der Waals surface area (Å²) in [5.74, 6) is 2.72. The number of rotatable bonds is 4. The first-order valence-electron chi connectivity index (χ1n) is 7.63. The van der Waals surface area contributed by atoms with Crippen LogP contribution in [0, 0.1) is 0 Å². The maximum Gasteiger partial charge on any atom is 0.264 e. The number of aryl methyl sites for hydroxylation is 1. The van der Waals surface area contributed by atoms with Crippen molar-refractivity contribution in [3.63, 3.8) is 0 Å². The number of hydrogen-bond acceptors (Lipinski definition) is 5. The molecule has 1 aromatic heterocycles. The maximum absolute atomic E-state index is 6.12. The number of fused-ring (bicyclic) bond motifs is 1. The van der Waals surface area contributed by atoms with E-state index in [-0.39, 0.29) is 6.04 Å². The predicted molar refractivity (Wildman–Crippen MR) is 76.9 cm³/mol. The topological polar surface area (TPSA) is 74.2 Å². The van der Waals surface area contributed by atoms with E-state index in [0.717, 1.165) is 30.8 Å². The van der Waals surface area contributed by atoms with Gasteiger partial charge in [-0.25, -0.2) is 0 Å². The van der Waals surface area contributed by atoms with Gasteiger partial charge in [0.1, 0.15) is 5.75 Å². The second kappa shape index (κ2) is 5.15. The van der Waals surface area contributed by atoms with E-state index in [1.54, 1.807) is 0 Å². The van der Waals surface area contributed by atoms with Crippen LogP contribution in [-0.2, 0) is 13.0 Å². The van der Waals surface area contributed by atoms with Gasteiger partial charge in [0.25, 0.3) is 5.89 Å². The molecule has 0 saturated heterocycles. The molecule has 110 valence electrons. The van der Waals surface area contributed by atoms with Crippen LogP contribution < -0.4 is 10.5 Å². The summed E-state index contributed by atoms with van der Waals surface area (Å²) in [5, 5.41) is 3.99. The number of benzene rings is 1. The van der Waals surface area contributed by atoms with E-state index in [4.69, 9.17) is 15.0 Å². The lowest BCUT2D eigenvalue weighted by molar-refractivity contribution is 0.242. The normalized spacial score (nSPS) is 21.1. The van der Waals surface area contributed by atoms with Gasteiger partial charge in [0.05, 0.1) is 0 Å². The molecule has 5 nitrogen and oxygen atoms in total. The van der Waals surface area contributed by atoms with Gasteiger partial charge in [0.15, 0.2) is 12.4 Å². The highest BCUT2D eigenvalue weighted by Crippen LogP contribution is 2.38. The molecule has 5 heteroatoms. The fourth-order valence-corrected chi connectivity index (χ4v) is 2.90. The molecule has 1 atom stereocenters. The largest absolute Gasteiger partial charge is 0.484 e. The Morgan fingerprint density at radius 1 is 1.29 bits per heavy atom. The summed E-state index contributed by atoms with van der Waals surface area (Å²) in [5.41, 5.74) is 8.68. The number of hydrogen-bond donors (Lipinski definition) is 1. The van der Waals surface area contributed by atoms with Crippen molar-refractivity contribution in [3.05, 3.63) is 41.0 Å². The van der Waals surface area contributed by atoms with Gasteiger partial charge in [-0.05, 0) is 55.4 Å². The van der Waals surface area contributed by atoms with Crippen LogP contribution in [0.1, 0.15) is 60.5 Å². The average molecular weight is 285 g/mol. The number of aromatic nitrogens is 2. The molecule has 0 radical (unpaired) electrons. The lowest BCUT2D eigenvalue weighted by atomic mass is 9.88. The van der Waals surface area contributed by atoms with E-state index in [0.29, 0.717) is 18.4 Å². The lowest BCUT2D eigenvalue weighted by Gasteiger charge is -2.22. The molecule has 21 heavy (non-hydrogen) atoms. The minimum absolute atomic E-state index is 0.167. The van der Waals surface area contributed by atoms with E-state index in [1.165, 1.54) is 24.0 Å². The second-order valence-electron chi connectivity index (χ2n) is 5.97. The first-order valence-corrected chi connectivity index (χ1v) is 7.63. The Morgan fingerprint density at radius 3 is 3.05 bits per heavy atom. The minimum atomic E-state index is 0.167. The van der Waals surface area contributed by atoms with E-state index < -0.39 is 0 Å². The van der Waals surface area contributed by atoms with Crippen LogP contribution in [0.15, 0.2) is 22.7 Å². The molecule has 1 unspecified atom stereocenters. The highest BCUT2D eigenvalue weighted by atomic mass is 16.5. The second-order valence-corrected chi connectivity index (χ2v) is 5.97. The van der Waals surface area contributed by atoms with Crippen molar-refractivity contribution in [2.75, 3.05) is 0 Å². The van der Waals surface area contributed by atoms with Gasteiger partial charge in [0.2, 0.25) is 0 Å². The zero-order chi connectivity index (χ0) is 14.2. The Labute approximate surface area is 123 Å². The number of ether oxygens (including phenoxy) is 1. The molecule has 2 aromatic rings. The molecule has 1 saturated carbocycles. The smallest absolute Gasteiger partial charge is 0.264 e. The Morgan fingerprint density at radius 2 is 2.19 bits per heavy atom. The fourth-order valence-electron chi connectivity index (χ4n) is 2.90. The SMILES string of the molecule is NC1CCCc2cc(OCc3nc(C4CC4)no3)ccc21. The maximum atomic E-state index is 6.12. The monoisotopic (exact) mass is 285 g/mol. The molecule has 0 spiro atoms. The van der Waals surface area contributed by atoms with Gasteiger partial charge in [-0.3, -0.25) is 0 Å². The minimum Gasteiger partial charge on any atom is -0.484 e. The molecule has 2 aliphatic rings. The molecule has 1 heterocycles. The van der Waals surface area contributed by atoms with Crippen molar-refractivity contribution in [2.24, 2.45) is 5.73 Å². The Balaban J connectivity index is 1.44. The van der Waals surface area contributed by atoms with E-state index in [2.05, 4.69) is 22.3 Å². The molecule has 2 N–H and O–H groups in total. The summed E-state index contributed by atoms with van der Waals surface area (Å²) < 4.78 is 11.0. The Kier molecular flexibility index (Phi) is 3.15. The summed E-state index contributed by atoms with van der Waals surface area (Å²) in [6.07, 6.45) is 5.63. The summed E-state index contributed by atoms with van der Waals surface area (Å²) in [6.45, 7) is 0.324. The summed E-state index contributed by atoms with van der Waals surface area (Å²) in [6, 6.07) is 6.31. The molecule has 0 amide bonds. The van der Waals surface area contributed by atoms with Crippen LogP contribution in [-0.4, -0.2) is 10.1 Å². The quantitative estimate of drug-likeness (QED) is 0.935. The highest BCUT2D eigenvalue weighted by molar-refractivity contribution is 5.38. The highest BCUT2D eigenvalue weighted by Gasteiger charge is 2.28. The van der Waals surface area contributed by atoms with Crippen LogP contribution in [0.2, 0.25) is 0 Å². The van der Waals surface area contributed by atoms with Crippen molar-refractivity contribution >= 4 is 0 Å². The molecule has 0 bridgehead atoms. The molecular weight excluding hydrogens is 266 g/mol. The van der Waals surface area contributed by atoms with E-state index >= 15 is 0 Å². The van der Waals surface area contributed by atoms with Crippen molar-refractivity contribution in [2.45, 2.75) is 50.7 Å². The third-order valence-electron chi connectivity index (χ3n) is 4.26. The lowest BCUT2D eigenvalue weighted by Crippen LogP contribution is -2.17. The van der Waals surface area contributed by atoms with Crippen molar-refractivity contribution in [1.82, 2.24) is 10.1 Å². The van der Waals surface area contributed by atoms with Crippen LogP contribution in [0.4, 0.5) is 0 Å². The van der Waals surface area contributed by atoms with Crippen molar-refractivity contribution < 1.29 is 9.26 Å². The van der Waals surface area contributed by atoms with E-state index in [9.17, 15) is 0 Å². The fraction of sp³-hybridized carbons (Fsp3) is 0.500. The van der Waals surface area contributed by atoms with Crippen LogP contribution in [0.3, 0.4) is 0 Å². The molecule has 4 rings (SSSR count). The first-order chi connectivity index (χ1) is 10.3. The van der Waals surface area contributed by atoms with E-state index in [1.807, 2.05) is 6.07 Å². The third-order valence-corrected chi connectivity index (χ3v) is 4.26. The molecular formula is C16H19N3O2.